The molecule has 0 atom stereocenters. The van der Waals surface area contributed by atoms with Gasteiger partial charge in [0.05, 0.1) is 0 Å². The summed E-state index contributed by atoms with van der Waals surface area (Å²) >= 11 is 0. The van der Waals surface area contributed by atoms with Crippen LogP contribution in [0.2, 0.25) is 0 Å². The molecule has 5 rings (SSSR count). The highest BCUT2D eigenvalue weighted by molar-refractivity contribution is 5.74. The van der Waals surface area contributed by atoms with E-state index in [1.54, 1.807) is 6.07 Å². The highest BCUT2D eigenvalue weighted by Crippen LogP contribution is 2.33. The lowest BCUT2D eigenvalue weighted by Gasteiger charge is -2.33. The predicted octanol–water partition coefficient (Wildman–Crippen LogP) is 3.02. The Kier molecular flexibility index (Phi) is 3.67. The van der Waals surface area contributed by atoms with Crippen molar-refractivity contribution in [1.82, 2.24) is 9.88 Å². The number of benzene rings is 2. The summed E-state index contributed by atoms with van der Waals surface area (Å²) in [5, 5.41) is 0. The summed E-state index contributed by atoms with van der Waals surface area (Å²) in [7, 11) is 0. The molecule has 0 unspecified atom stereocenters. The summed E-state index contributed by atoms with van der Waals surface area (Å²) in [5.74, 6) is 1.32. The molecule has 1 saturated heterocycles. The molecule has 26 heavy (non-hydrogen) atoms. The Morgan fingerprint density at radius 2 is 1.81 bits per heavy atom. The van der Waals surface area contributed by atoms with Crippen molar-refractivity contribution in [3.63, 3.8) is 0 Å². The van der Waals surface area contributed by atoms with Crippen LogP contribution in [0.4, 0.5) is 10.4 Å². The van der Waals surface area contributed by atoms with Crippen molar-refractivity contribution in [2.24, 2.45) is 0 Å². The fourth-order valence-electron chi connectivity index (χ4n) is 3.42. The van der Waals surface area contributed by atoms with Gasteiger partial charge in [0.25, 0.3) is 6.01 Å². The summed E-state index contributed by atoms with van der Waals surface area (Å²) in [6.07, 6.45) is 0. The quantitative estimate of drug-likeness (QED) is 0.720. The average Bonchev–Trinajstić information content (AvgIpc) is 3.28. The van der Waals surface area contributed by atoms with Gasteiger partial charge >= 0.3 is 0 Å². The molecule has 3 heterocycles. The number of aromatic nitrogens is 1. The largest absolute Gasteiger partial charge is 0.454 e. The van der Waals surface area contributed by atoms with Crippen molar-refractivity contribution < 1.29 is 18.3 Å². The van der Waals surface area contributed by atoms with Crippen LogP contribution in [0.3, 0.4) is 0 Å². The van der Waals surface area contributed by atoms with Crippen molar-refractivity contribution in [3.05, 3.63) is 47.8 Å². The molecule has 6 nitrogen and oxygen atoms in total. The number of oxazole rings is 1. The normalized spacial score (nSPS) is 17.2. The second-order valence-corrected chi connectivity index (χ2v) is 6.56. The first-order valence-electron chi connectivity index (χ1n) is 8.66. The molecule has 0 N–H and O–H groups in total. The lowest BCUT2D eigenvalue weighted by Crippen LogP contribution is -2.46. The molecule has 0 amide bonds. The maximum atomic E-state index is 13.3. The van der Waals surface area contributed by atoms with Gasteiger partial charge in [0.2, 0.25) is 6.79 Å². The number of piperazine rings is 1. The summed E-state index contributed by atoms with van der Waals surface area (Å²) in [5.41, 5.74) is 2.38. The van der Waals surface area contributed by atoms with Gasteiger partial charge in [-0.2, -0.15) is 4.98 Å². The lowest BCUT2D eigenvalue weighted by molar-refractivity contribution is 0.174. The summed E-state index contributed by atoms with van der Waals surface area (Å²) < 4.78 is 29.8. The maximum absolute atomic E-state index is 13.3. The maximum Gasteiger partial charge on any atom is 0.298 e. The zero-order valence-corrected chi connectivity index (χ0v) is 14.2. The highest BCUT2D eigenvalue weighted by Gasteiger charge is 2.22. The van der Waals surface area contributed by atoms with Crippen LogP contribution < -0.4 is 14.4 Å². The molecular formula is C19H18FN3O3. The topological polar surface area (TPSA) is 51.0 Å². The minimum absolute atomic E-state index is 0.297. The predicted molar refractivity (Wildman–Crippen MR) is 94.0 cm³/mol. The first kappa shape index (κ1) is 15.5. The van der Waals surface area contributed by atoms with Crippen LogP contribution in [-0.4, -0.2) is 42.9 Å². The Bertz CT molecular complexity index is 950. The molecule has 1 fully saturated rings. The van der Waals surface area contributed by atoms with Crippen LogP contribution in [0.1, 0.15) is 5.56 Å². The Balaban J connectivity index is 1.24. The van der Waals surface area contributed by atoms with Crippen LogP contribution in [0, 0.1) is 5.82 Å². The summed E-state index contributed by atoms with van der Waals surface area (Å²) in [6.45, 7) is 4.61. The monoisotopic (exact) mass is 355 g/mol. The van der Waals surface area contributed by atoms with Gasteiger partial charge in [0, 0.05) is 38.8 Å². The molecule has 1 aromatic heterocycles. The van der Waals surface area contributed by atoms with E-state index in [0.717, 1.165) is 44.2 Å². The minimum atomic E-state index is -0.311. The number of ether oxygens (including phenoxy) is 2. The highest BCUT2D eigenvalue weighted by atomic mass is 19.1. The minimum Gasteiger partial charge on any atom is -0.454 e. The fraction of sp³-hybridized carbons (Fsp3) is 0.316. The first-order chi connectivity index (χ1) is 12.7. The number of hydrogen-bond donors (Lipinski definition) is 0. The van der Waals surface area contributed by atoms with E-state index in [4.69, 9.17) is 13.9 Å². The van der Waals surface area contributed by atoms with Gasteiger partial charge < -0.3 is 18.8 Å². The Morgan fingerprint density at radius 3 is 2.69 bits per heavy atom. The van der Waals surface area contributed by atoms with Gasteiger partial charge in [-0.3, -0.25) is 4.90 Å². The molecule has 0 saturated carbocycles. The van der Waals surface area contributed by atoms with Gasteiger partial charge in [-0.05, 0) is 29.8 Å². The van der Waals surface area contributed by atoms with E-state index in [2.05, 4.69) is 20.9 Å². The molecule has 2 aromatic carbocycles. The molecule has 7 heteroatoms. The summed E-state index contributed by atoms with van der Waals surface area (Å²) in [4.78, 5) is 8.96. The van der Waals surface area contributed by atoms with Crippen molar-refractivity contribution in [2.75, 3.05) is 37.9 Å². The number of anilines is 1. The third-order valence-electron chi connectivity index (χ3n) is 4.83. The van der Waals surface area contributed by atoms with Crippen molar-refractivity contribution in [3.8, 4) is 11.5 Å². The van der Waals surface area contributed by atoms with Gasteiger partial charge in [-0.25, -0.2) is 4.39 Å². The van der Waals surface area contributed by atoms with E-state index in [1.165, 1.54) is 17.7 Å². The second kappa shape index (κ2) is 6.17. The zero-order chi connectivity index (χ0) is 17.5. The molecule has 0 bridgehead atoms. The lowest BCUT2D eigenvalue weighted by atomic mass is 10.1. The standard InChI is InChI=1S/C19H18FN3O3/c20-14-2-3-15-17(10-14)26-19(21-15)23-7-5-22(6-8-23)11-13-1-4-16-18(9-13)25-12-24-16/h1-4,9-10H,5-8,11-12H2. The molecule has 0 aliphatic carbocycles. The van der Waals surface area contributed by atoms with E-state index in [0.29, 0.717) is 23.9 Å². The van der Waals surface area contributed by atoms with Crippen LogP contribution in [-0.2, 0) is 6.54 Å². The molecule has 2 aliphatic rings. The number of nitrogens with zero attached hydrogens (tertiary/aromatic N) is 3. The number of halogens is 1. The van der Waals surface area contributed by atoms with Gasteiger partial charge in [0.15, 0.2) is 17.1 Å². The van der Waals surface area contributed by atoms with Crippen molar-refractivity contribution in [2.45, 2.75) is 6.54 Å². The SMILES string of the molecule is Fc1ccc2nc(N3CCN(Cc4ccc5c(c4)OCO5)CC3)oc2c1. The zero-order valence-electron chi connectivity index (χ0n) is 14.2. The first-order valence-corrected chi connectivity index (χ1v) is 8.66. The van der Waals surface area contributed by atoms with Crippen LogP contribution in [0.15, 0.2) is 40.8 Å². The van der Waals surface area contributed by atoms with Gasteiger partial charge in [-0.15, -0.1) is 0 Å². The molecule has 134 valence electrons. The van der Waals surface area contributed by atoms with E-state index in [9.17, 15) is 4.39 Å². The molecule has 0 spiro atoms. The Morgan fingerprint density at radius 1 is 0.962 bits per heavy atom. The fourth-order valence-corrected chi connectivity index (χ4v) is 3.42. The number of fused-ring (bicyclic) bond motifs is 2. The third-order valence-corrected chi connectivity index (χ3v) is 4.83. The smallest absolute Gasteiger partial charge is 0.298 e. The molecule has 3 aromatic rings. The summed E-state index contributed by atoms with van der Waals surface area (Å²) in [6, 6.07) is 11.1. The van der Waals surface area contributed by atoms with Crippen molar-refractivity contribution in [1.29, 1.82) is 0 Å². The molecular weight excluding hydrogens is 337 g/mol. The van der Waals surface area contributed by atoms with E-state index in [1.807, 2.05) is 12.1 Å². The van der Waals surface area contributed by atoms with Crippen LogP contribution in [0.5, 0.6) is 11.5 Å². The van der Waals surface area contributed by atoms with Crippen LogP contribution in [0.25, 0.3) is 11.1 Å². The van der Waals surface area contributed by atoms with Crippen molar-refractivity contribution >= 4 is 17.1 Å². The number of hydrogen-bond acceptors (Lipinski definition) is 6. The van der Waals surface area contributed by atoms with Gasteiger partial charge in [-0.1, -0.05) is 6.07 Å². The molecule has 2 aliphatic heterocycles. The van der Waals surface area contributed by atoms with Gasteiger partial charge in [0.1, 0.15) is 11.3 Å². The Labute approximate surface area is 149 Å². The van der Waals surface area contributed by atoms with E-state index < -0.39 is 0 Å². The molecule has 0 radical (unpaired) electrons. The van der Waals surface area contributed by atoms with E-state index in [-0.39, 0.29) is 5.82 Å². The third kappa shape index (κ3) is 2.84. The van der Waals surface area contributed by atoms with Crippen LogP contribution >= 0.6 is 0 Å². The number of rotatable bonds is 3. The second-order valence-electron chi connectivity index (χ2n) is 6.56. The Hall–Kier alpha value is -2.80. The average molecular weight is 355 g/mol. The van der Waals surface area contributed by atoms with E-state index >= 15 is 0 Å².